The zero-order valence-corrected chi connectivity index (χ0v) is 12.3. The summed E-state index contributed by atoms with van der Waals surface area (Å²) in [6.07, 6.45) is 0. The summed E-state index contributed by atoms with van der Waals surface area (Å²) < 4.78 is 0. The molecule has 0 aliphatic rings. The molecule has 102 valence electrons. The predicted molar refractivity (Wildman–Crippen MR) is 73.1 cm³/mol. The zero-order valence-electron chi connectivity index (χ0n) is 12.3. The number of carbonyl (C=O) groups excluding carboxylic acids is 1. The Morgan fingerprint density at radius 1 is 1.18 bits per heavy atom. The molecule has 1 unspecified atom stereocenters. The van der Waals surface area contributed by atoms with Crippen LogP contribution in [0.1, 0.15) is 41.5 Å². The number of hydrogen-bond donors (Lipinski definition) is 2. The number of likely N-dealkylation sites (N-methyl/N-ethyl adjacent to an activating group) is 1. The van der Waals surface area contributed by atoms with Gasteiger partial charge in [0.1, 0.15) is 0 Å². The Kier molecular flexibility index (Phi) is 7.39. The molecule has 4 heteroatoms. The van der Waals surface area contributed by atoms with E-state index in [1.807, 2.05) is 25.7 Å². The lowest BCUT2D eigenvalue weighted by Crippen LogP contribution is -2.47. The molecule has 4 nitrogen and oxygen atoms in total. The van der Waals surface area contributed by atoms with Crippen molar-refractivity contribution in [3.63, 3.8) is 0 Å². The highest BCUT2D eigenvalue weighted by Crippen LogP contribution is 1.97. The summed E-state index contributed by atoms with van der Waals surface area (Å²) in [7, 11) is 0. The normalized spacial score (nSPS) is 13.5. The maximum Gasteiger partial charge on any atom is 0.239 e. The first-order chi connectivity index (χ1) is 7.81. The van der Waals surface area contributed by atoms with Gasteiger partial charge in [-0.15, -0.1) is 0 Å². The lowest BCUT2D eigenvalue weighted by molar-refractivity contribution is -0.132. The van der Waals surface area contributed by atoms with E-state index in [1.165, 1.54) is 0 Å². The maximum atomic E-state index is 11.9. The summed E-state index contributed by atoms with van der Waals surface area (Å²) in [5, 5.41) is 6.64. The van der Waals surface area contributed by atoms with Gasteiger partial charge in [-0.05, 0) is 41.5 Å². The molecule has 0 bridgehead atoms. The molecule has 1 amide bonds. The minimum Gasteiger partial charge on any atom is -0.342 e. The van der Waals surface area contributed by atoms with E-state index < -0.39 is 0 Å². The van der Waals surface area contributed by atoms with E-state index in [0.717, 1.165) is 26.2 Å². The highest BCUT2D eigenvalue weighted by molar-refractivity contribution is 5.81. The summed E-state index contributed by atoms with van der Waals surface area (Å²) in [6, 6.07) is -0.100. The molecule has 0 fully saturated rings. The number of hydrogen-bond acceptors (Lipinski definition) is 3. The Balaban J connectivity index is 3.86. The molecule has 0 radical (unpaired) electrons. The first kappa shape index (κ1) is 16.4. The molecule has 0 heterocycles. The van der Waals surface area contributed by atoms with Crippen molar-refractivity contribution in [1.82, 2.24) is 15.5 Å². The van der Waals surface area contributed by atoms with Gasteiger partial charge < -0.3 is 15.5 Å². The van der Waals surface area contributed by atoms with Crippen molar-refractivity contribution in [2.45, 2.75) is 53.1 Å². The van der Waals surface area contributed by atoms with Crippen LogP contribution < -0.4 is 10.6 Å². The van der Waals surface area contributed by atoms with Crippen LogP contribution in [0, 0.1) is 0 Å². The second-order valence-corrected chi connectivity index (χ2v) is 5.36. The molecule has 17 heavy (non-hydrogen) atoms. The van der Waals surface area contributed by atoms with Crippen LogP contribution >= 0.6 is 0 Å². The van der Waals surface area contributed by atoms with E-state index in [2.05, 4.69) is 31.4 Å². The summed E-state index contributed by atoms with van der Waals surface area (Å²) in [6.45, 7) is 15.6. The molecule has 0 saturated carbocycles. The summed E-state index contributed by atoms with van der Waals surface area (Å²) in [4.78, 5) is 13.8. The van der Waals surface area contributed by atoms with E-state index in [0.29, 0.717) is 0 Å². The largest absolute Gasteiger partial charge is 0.342 e. The molecule has 0 aliphatic heterocycles. The van der Waals surface area contributed by atoms with Crippen LogP contribution in [-0.2, 0) is 4.79 Å². The highest BCUT2D eigenvalue weighted by Gasteiger charge is 2.17. The van der Waals surface area contributed by atoms with Crippen molar-refractivity contribution in [2.24, 2.45) is 0 Å². The van der Waals surface area contributed by atoms with Gasteiger partial charge in [-0.3, -0.25) is 4.79 Å². The van der Waals surface area contributed by atoms with Crippen LogP contribution in [0.5, 0.6) is 0 Å². The van der Waals surface area contributed by atoms with Gasteiger partial charge in [-0.1, -0.05) is 0 Å². The third kappa shape index (κ3) is 7.34. The SMILES string of the molecule is CCN(CC)C(=O)C(C)NCCNC(C)(C)C. The Morgan fingerprint density at radius 3 is 2.12 bits per heavy atom. The van der Waals surface area contributed by atoms with Crippen LogP contribution in [0.3, 0.4) is 0 Å². The van der Waals surface area contributed by atoms with Gasteiger partial charge >= 0.3 is 0 Å². The monoisotopic (exact) mass is 243 g/mol. The average molecular weight is 243 g/mol. The number of amides is 1. The van der Waals surface area contributed by atoms with Crippen LogP contribution in [0.15, 0.2) is 0 Å². The fraction of sp³-hybridized carbons (Fsp3) is 0.923. The first-order valence-corrected chi connectivity index (χ1v) is 6.59. The molecule has 0 aromatic carbocycles. The van der Waals surface area contributed by atoms with Crippen LogP contribution in [0.2, 0.25) is 0 Å². The molecular formula is C13H29N3O. The van der Waals surface area contributed by atoms with Gasteiger partial charge in [0.05, 0.1) is 6.04 Å². The smallest absolute Gasteiger partial charge is 0.239 e. The van der Waals surface area contributed by atoms with Crippen LogP contribution in [0.4, 0.5) is 0 Å². The standard InChI is InChI=1S/C13H29N3O/c1-7-16(8-2)12(17)11(3)14-9-10-15-13(4,5)6/h11,14-15H,7-10H2,1-6H3. The lowest BCUT2D eigenvalue weighted by atomic mass is 10.1. The molecular weight excluding hydrogens is 214 g/mol. The Hall–Kier alpha value is -0.610. The fourth-order valence-corrected chi connectivity index (χ4v) is 1.62. The third-order valence-corrected chi connectivity index (χ3v) is 2.68. The quantitative estimate of drug-likeness (QED) is 0.661. The first-order valence-electron chi connectivity index (χ1n) is 6.59. The Bertz CT molecular complexity index is 219. The van der Waals surface area contributed by atoms with E-state index in [9.17, 15) is 4.79 Å². The van der Waals surface area contributed by atoms with E-state index in [4.69, 9.17) is 0 Å². The van der Waals surface area contributed by atoms with Crippen LogP contribution in [-0.4, -0.2) is 48.6 Å². The van der Waals surface area contributed by atoms with Gasteiger partial charge in [0.2, 0.25) is 5.91 Å². The lowest BCUT2D eigenvalue weighted by Gasteiger charge is -2.25. The van der Waals surface area contributed by atoms with Crippen molar-refractivity contribution in [3.05, 3.63) is 0 Å². The van der Waals surface area contributed by atoms with E-state index >= 15 is 0 Å². The number of nitrogens with zero attached hydrogens (tertiary/aromatic N) is 1. The summed E-state index contributed by atoms with van der Waals surface area (Å²) in [5.74, 6) is 0.186. The molecule has 0 saturated heterocycles. The number of rotatable bonds is 7. The molecule has 0 aromatic rings. The topological polar surface area (TPSA) is 44.4 Å². The Morgan fingerprint density at radius 2 is 1.71 bits per heavy atom. The molecule has 0 spiro atoms. The fourth-order valence-electron chi connectivity index (χ4n) is 1.62. The average Bonchev–Trinajstić information content (AvgIpc) is 2.24. The van der Waals surface area contributed by atoms with Gasteiger partial charge in [0.25, 0.3) is 0 Å². The molecule has 0 aromatic heterocycles. The van der Waals surface area contributed by atoms with E-state index in [1.54, 1.807) is 0 Å². The van der Waals surface area contributed by atoms with Gasteiger partial charge in [-0.25, -0.2) is 0 Å². The van der Waals surface area contributed by atoms with E-state index in [-0.39, 0.29) is 17.5 Å². The van der Waals surface area contributed by atoms with Crippen molar-refractivity contribution >= 4 is 5.91 Å². The number of nitrogens with one attached hydrogen (secondary N) is 2. The predicted octanol–water partition coefficient (Wildman–Crippen LogP) is 1.22. The molecule has 1 atom stereocenters. The van der Waals surface area contributed by atoms with Crippen molar-refractivity contribution in [3.8, 4) is 0 Å². The number of carbonyl (C=O) groups is 1. The summed E-state index contributed by atoms with van der Waals surface area (Å²) >= 11 is 0. The minimum absolute atomic E-state index is 0.100. The van der Waals surface area contributed by atoms with Gasteiger partial charge in [0.15, 0.2) is 0 Å². The Labute approximate surface area is 106 Å². The van der Waals surface area contributed by atoms with Crippen LogP contribution in [0.25, 0.3) is 0 Å². The molecule has 0 aliphatic carbocycles. The molecule has 2 N–H and O–H groups in total. The minimum atomic E-state index is -0.100. The van der Waals surface area contributed by atoms with Gasteiger partial charge in [0, 0.05) is 31.7 Å². The van der Waals surface area contributed by atoms with Crippen molar-refractivity contribution in [1.29, 1.82) is 0 Å². The van der Waals surface area contributed by atoms with Gasteiger partial charge in [-0.2, -0.15) is 0 Å². The second-order valence-electron chi connectivity index (χ2n) is 5.36. The molecule has 0 rings (SSSR count). The third-order valence-electron chi connectivity index (χ3n) is 2.68. The second kappa shape index (κ2) is 7.67. The van der Waals surface area contributed by atoms with Crippen molar-refractivity contribution in [2.75, 3.05) is 26.2 Å². The highest BCUT2D eigenvalue weighted by atomic mass is 16.2. The maximum absolute atomic E-state index is 11.9. The summed E-state index contributed by atoms with van der Waals surface area (Å²) in [5.41, 5.74) is 0.133. The zero-order chi connectivity index (χ0) is 13.5. The van der Waals surface area contributed by atoms with Crippen molar-refractivity contribution < 1.29 is 4.79 Å².